The predicted octanol–water partition coefficient (Wildman–Crippen LogP) is 1.91. The molecule has 1 amide bonds. The highest BCUT2D eigenvalue weighted by Crippen LogP contribution is 2.12. The third kappa shape index (κ3) is 5.16. The predicted molar refractivity (Wildman–Crippen MR) is 101 cm³/mol. The average Bonchev–Trinajstić information content (AvgIpc) is 2.95. The van der Waals surface area contributed by atoms with Crippen LogP contribution in [0.2, 0.25) is 0 Å². The first-order valence-corrected chi connectivity index (χ1v) is 9.24. The van der Waals surface area contributed by atoms with Gasteiger partial charge in [0.15, 0.2) is 0 Å². The van der Waals surface area contributed by atoms with Crippen LogP contribution < -0.4 is 5.32 Å². The molecular formula is C20H28N4O2. The van der Waals surface area contributed by atoms with Gasteiger partial charge in [0.2, 0.25) is 5.91 Å². The molecule has 3 rings (SSSR count). The molecule has 0 saturated carbocycles. The summed E-state index contributed by atoms with van der Waals surface area (Å²) < 4.78 is 7.85. The monoisotopic (exact) mass is 356 g/mol. The molecule has 0 radical (unpaired) electrons. The summed E-state index contributed by atoms with van der Waals surface area (Å²) in [5, 5.41) is 2.99. The van der Waals surface area contributed by atoms with Crippen molar-refractivity contribution in [3.8, 4) is 0 Å². The SMILES string of the molecule is Cc1ncn(CCNC(=O)C[C@H]2CN(Cc3ccccc3)CCO2)c1C. The average molecular weight is 356 g/mol. The Labute approximate surface area is 155 Å². The van der Waals surface area contributed by atoms with Crippen molar-refractivity contribution in [2.75, 3.05) is 26.2 Å². The summed E-state index contributed by atoms with van der Waals surface area (Å²) in [7, 11) is 0. The van der Waals surface area contributed by atoms with Gasteiger partial charge in [0.05, 0.1) is 31.2 Å². The minimum atomic E-state index is -0.0373. The summed E-state index contributed by atoms with van der Waals surface area (Å²) in [4.78, 5) is 18.9. The Balaban J connectivity index is 1.40. The molecular weight excluding hydrogens is 328 g/mol. The van der Waals surface area contributed by atoms with Crippen molar-refractivity contribution in [2.45, 2.75) is 39.5 Å². The summed E-state index contributed by atoms with van der Waals surface area (Å²) in [5.41, 5.74) is 3.47. The summed E-state index contributed by atoms with van der Waals surface area (Å²) in [6, 6.07) is 10.4. The van der Waals surface area contributed by atoms with Gasteiger partial charge in [-0.15, -0.1) is 0 Å². The number of hydrogen-bond acceptors (Lipinski definition) is 4. The van der Waals surface area contributed by atoms with Crippen LogP contribution in [0.25, 0.3) is 0 Å². The van der Waals surface area contributed by atoms with Crippen LogP contribution in [0.5, 0.6) is 0 Å². The molecule has 1 fully saturated rings. The van der Waals surface area contributed by atoms with E-state index in [1.165, 1.54) is 5.56 Å². The fourth-order valence-corrected chi connectivity index (χ4v) is 3.25. The summed E-state index contributed by atoms with van der Waals surface area (Å²) in [6.07, 6.45) is 2.19. The highest BCUT2D eigenvalue weighted by atomic mass is 16.5. The molecule has 0 bridgehead atoms. The quantitative estimate of drug-likeness (QED) is 0.823. The molecule has 1 aromatic heterocycles. The number of amides is 1. The van der Waals surface area contributed by atoms with Gasteiger partial charge in [0, 0.05) is 38.4 Å². The van der Waals surface area contributed by atoms with Gasteiger partial charge in [-0.3, -0.25) is 9.69 Å². The first-order chi connectivity index (χ1) is 12.6. The third-order valence-corrected chi connectivity index (χ3v) is 4.91. The lowest BCUT2D eigenvalue weighted by atomic mass is 10.1. The molecule has 1 aliphatic heterocycles. The summed E-state index contributed by atoms with van der Waals surface area (Å²) in [5.74, 6) is 0.0473. The maximum atomic E-state index is 12.2. The van der Waals surface area contributed by atoms with Crippen molar-refractivity contribution in [3.63, 3.8) is 0 Å². The Kier molecular flexibility index (Phi) is 6.41. The number of aryl methyl sites for hydroxylation is 1. The number of ether oxygens (including phenoxy) is 1. The molecule has 1 aliphatic rings. The fraction of sp³-hybridized carbons (Fsp3) is 0.500. The molecule has 1 atom stereocenters. The maximum Gasteiger partial charge on any atom is 0.222 e. The van der Waals surface area contributed by atoms with E-state index in [9.17, 15) is 4.79 Å². The molecule has 2 heterocycles. The van der Waals surface area contributed by atoms with Crippen molar-refractivity contribution in [1.29, 1.82) is 0 Å². The first kappa shape index (κ1) is 18.6. The van der Waals surface area contributed by atoms with Gasteiger partial charge in [-0.2, -0.15) is 0 Å². The maximum absolute atomic E-state index is 12.2. The topological polar surface area (TPSA) is 59.4 Å². The van der Waals surface area contributed by atoms with Crippen molar-refractivity contribution < 1.29 is 9.53 Å². The molecule has 0 aliphatic carbocycles. The van der Waals surface area contributed by atoms with Crippen molar-refractivity contribution >= 4 is 5.91 Å². The number of imidazole rings is 1. The molecule has 6 nitrogen and oxygen atoms in total. The Morgan fingerprint density at radius 3 is 2.85 bits per heavy atom. The molecule has 1 saturated heterocycles. The number of carbonyl (C=O) groups excluding carboxylic acids is 1. The minimum absolute atomic E-state index is 0.0373. The van der Waals surface area contributed by atoms with Gasteiger partial charge in [0.25, 0.3) is 0 Å². The zero-order valence-electron chi connectivity index (χ0n) is 15.6. The Hall–Kier alpha value is -2.18. The minimum Gasteiger partial charge on any atom is -0.375 e. The molecule has 1 aromatic carbocycles. The third-order valence-electron chi connectivity index (χ3n) is 4.91. The van der Waals surface area contributed by atoms with E-state index < -0.39 is 0 Å². The number of hydrogen-bond donors (Lipinski definition) is 1. The van der Waals surface area contributed by atoms with Crippen LogP contribution in [-0.2, 0) is 22.6 Å². The molecule has 0 spiro atoms. The van der Waals surface area contributed by atoms with E-state index in [1.807, 2.05) is 26.2 Å². The van der Waals surface area contributed by atoms with Crippen LogP contribution in [0, 0.1) is 13.8 Å². The van der Waals surface area contributed by atoms with Crippen molar-refractivity contribution in [2.24, 2.45) is 0 Å². The molecule has 0 unspecified atom stereocenters. The van der Waals surface area contributed by atoms with Crippen LogP contribution in [0.3, 0.4) is 0 Å². The van der Waals surface area contributed by atoms with Crippen LogP contribution in [0.15, 0.2) is 36.7 Å². The molecule has 140 valence electrons. The lowest BCUT2D eigenvalue weighted by molar-refractivity contribution is -0.126. The van der Waals surface area contributed by atoms with E-state index in [0.717, 1.165) is 37.6 Å². The van der Waals surface area contributed by atoms with Crippen LogP contribution >= 0.6 is 0 Å². The van der Waals surface area contributed by atoms with E-state index in [-0.39, 0.29) is 12.0 Å². The first-order valence-electron chi connectivity index (χ1n) is 9.24. The number of carbonyl (C=O) groups is 1. The normalized spacial score (nSPS) is 18.0. The number of nitrogens with one attached hydrogen (secondary N) is 1. The Morgan fingerprint density at radius 2 is 2.12 bits per heavy atom. The van der Waals surface area contributed by atoms with E-state index in [4.69, 9.17) is 4.74 Å². The van der Waals surface area contributed by atoms with Crippen molar-refractivity contribution in [1.82, 2.24) is 19.8 Å². The smallest absolute Gasteiger partial charge is 0.222 e. The van der Waals surface area contributed by atoms with Gasteiger partial charge in [-0.1, -0.05) is 30.3 Å². The highest BCUT2D eigenvalue weighted by molar-refractivity contribution is 5.76. The second kappa shape index (κ2) is 8.96. The van der Waals surface area contributed by atoms with Crippen LogP contribution in [-0.4, -0.2) is 52.7 Å². The zero-order valence-corrected chi connectivity index (χ0v) is 15.6. The molecule has 2 aromatic rings. The number of morpholine rings is 1. The van der Waals surface area contributed by atoms with Gasteiger partial charge >= 0.3 is 0 Å². The molecule has 1 N–H and O–H groups in total. The number of nitrogens with zero attached hydrogens (tertiary/aromatic N) is 3. The number of aromatic nitrogens is 2. The second-order valence-corrected chi connectivity index (χ2v) is 6.88. The Morgan fingerprint density at radius 1 is 1.31 bits per heavy atom. The highest BCUT2D eigenvalue weighted by Gasteiger charge is 2.22. The van der Waals surface area contributed by atoms with E-state index in [1.54, 1.807) is 0 Å². The molecule has 26 heavy (non-hydrogen) atoms. The van der Waals surface area contributed by atoms with E-state index in [2.05, 4.69) is 44.0 Å². The zero-order chi connectivity index (χ0) is 18.4. The Bertz CT molecular complexity index is 714. The molecule has 6 heteroatoms. The standard InChI is InChI=1S/C20H28N4O2/c1-16-17(2)24(15-22-16)9-8-21-20(25)12-19-14-23(10-11-26-19)13-18-6-4-3-5-7-18/h3-7,15,19H,8-14H2,1-2H3,(H,21,25)/t19-/m0/s1. The van der Waals surface area contributed by atoms with Gasteiger partial charge in [0.1, 0.15) is 0 Å². The van der Waals surface area contributed by atoms with E-state index >= 15 is 0 Å². The number of benzene rings is 1. The van der Waals surface area contributed by atoms with Crippen molar-refractivity contribution in [3.05, 3.63) is 53.6 Å². The lowest BCUT2D eigenvalue weighted by Gasteiger charge is -2.32. The van der Waals surface area contributed by atoms with Gasteiger partial charge in [-0.05, 0) is 19.4 Å². The lowest BCUT2D eigenvalue weighted by Crippen LogP contribution is -2.44. The second-order valence-electron chi connectivity index (χ2n) is 6.88. The van der Waals surface area contributed by atoms with E-state index in [0.29, 0.717) is 19.6 Å². The van der Waals surface area contributed by atoms with Gasteiger partial charge < -0.3 is 14.6 Å². The van der Waals surface area contributed by atoms with Crippen LogP contribution in [0.1, 0.15) is 23.4 Å². The largest absolute Gasteiger partial charge is 0.375 e. The van der Waals surface area contributed by atoms with Crippen LogP contribution in [0.4, 0.5) is 0 Å². The summed E-state index contributed by atoms with van der Waals surface area (Å²) in [6.45, 7) is 8.67. The number of rotatable bonds is 7. The van der Waals surface area contributed by atoms with Gasteiger partial charge in [-0.25, -0.2) is 4.98 Å². The summed E-state index contributed by atoms with van der Waals surface area (Å²) >= 11 is 0. The fourth-order valence-electron chi connectivity index (χ4n) is 3.25.